The van der Waals surface area contributed by atoms with Gasteiger partial charge in [-0.2, -0.15) is 0 Å². The third-order valence-corrected chi connectivity index (χ3v) is 5.76. The largest absolute Gasteiger partial charge is 0.492 e. The Kier molecular flexibility index (Phi) is 7.21. The summed E-state index contributed by atoms with van der Waals surface area (Å²) < 4.78 is 11.6. The average Bonchev–Trinajstić information content (AvgIpc) is 3.39. The number of furan rings is 1. The van der Waals surface area contributed by atoms with Crippen molar-refractivity contribution in [2.45, 2.75) is 6.54 Å². The number of nitrogens with two attached hydrogens (primary N) is 1. The molecule has 0 saturated carbocycles. The number of ether oxygens (including phenoxy) is 1. The second-order valence-electron chi connectivity index (χ2n) is 8.34. The van der Waals surface area contributed by atoms with E-state index in [4.69, 9.17) is 14.9 Å². The Balaban J connectivity index is 1.23. The number of rotatable bonds is 9. The molecule has 0 aliphatic carbocycles. The van der Waals surface area contributed by atoms with E-state index in [1.165, 1.54) is 12.7 Å². The number of carbonyl (C=O) groups is 2. The molecule has 0 fully saturated rings. The predicted molar refractivity (Wildman–Crippen MR) is 142 cm³/mol. The molecule has 10 nitrogen and oxygen atoms in total. The number of nitrogens with zero attached hydrogens (tertiary/aromatic N) is 4. The number of nitrogens with one attached hydrogen (secondary N) is 1. The van der Waals surface area contributed by atoms with Gasteiger partial charge >= 0.3 is 0 Å². The van der Waals surface area contributed by atoms with Crippen LogP contribution in [0.3, 0.4) is 0 Å². The van der Waals surface area contributed by atoms with Gasteiger partial charge < -0.3 is 25.1 Å². The van der Waals surface area contributed by atoms with Crippen LogP contribution in [0.1, 0.15) is 26.7 Å². The zero-order valence-corrected chi connectivity index (χ0v) is 20.3. The predicted octanol–water partition coefficient (Wildman–Crippen LogP) is 4.17. The van der Waals surface area contributed by atoms with Gasteiger partial charge in [-0.1, -0.05) is 30.3 Å². The molecule has 5 rings (SSSR count). The molecule has 5 aromatic rings. The van der Waals surface area contributed by atoms with Gasteiger partial charge in [0.25, 0.3) is 11.8 Å². The van der Waals surface area contributed by atoms with Crippen LogP contribution in [0, 0.1) is 0 Å². The second-order valence-corrected chi connectivity index (χ2v) is 8.34. The van der Waals surface area contributed by atoms with E-state index in [1.54, 1.807) is 59.5 Å². The highest BCUT2D eigenvalue weighted by atomic mass is 16.5. The van der Waals surface area contributed by atoms with Gasteiger partial charge in [0.2, 0.25) is 0 Å². The minimum absolute atomic E-state index is 0.156. The van der Waals surface area contributed by atoms with Gasteiger partial charge in [-0.25, -0.2) is 15.0 Å². The summed E-state index contributed by atoms with van der Waals surface area (Å²) in [5, 5.41) is 3.63. The quantitative estimate of drug-likeness (QED) is 0.283. The van der Waals surface area contributed by atoms with Crippen LogP contribution >= 0.6 is 0 Å². The topological polar surface area (TPSA) is 136 Å². The van der Waals surface area contributed by atoms with E-state index in [2.05, 4.69) is 20.3 Å². The van der Waals surface area contributed by atoms with Crippen molar-refractivity contribution in [1.82, 2.24) is 19.9 Å². The standard InChI is InChI=1S/C28H24N6O4/c29-22-6-2-3-7-23(22)33-27(35)19-9-11-21(12-10-19)37-14-13-34(16-26-31-17-30-18-32-26)28(36)25-15-20-5-1-4-8-24(20)38-25/h1-12,15,17-18H,13-14,16,29H2,(H,33,35). The maximum Gasteiger partial charge on any atom is 0.290 e. The summed E-state index contributed by atoms with van der Waals surface area (Å²) in [4.78, 5) is 39.5. The van der Waals surface area contributed by atoms with Crippen LogP contribution in [-0.2, 0) is 6.54 Å². The molecule has 0 radical (unpaired) electrons. The summed E-state index contributed by atoms with van der Waals surface area (Å²) in [7, 11) is 0. The van der Waals surface area contributed by atoms with E-state index >= 15 is 0 Å². The van der Waals surface area contributed by atoms with Gasteiger partial charge in [-0.3, -0.25) is 9.59 Å². The lowest BCUT2D eigenvalue weighted by molar-refractivity contribution is 0.0681. The molecule has 2 aromatic heterocycles. The number of benzene rings is 3. The molecule has 0 atom stereocenters. The normalized spacial score (nSPS) is 10.7. The fourth-order valence-electron chi connectivity index (χ4n) is 3.79. The molecule has 38 heavy (non-hydrogen) atoms. The molecular weight excluding hydrogens is 484 g/mol. The fraction of sp³-hybridized carbons (Fsp3) is 0.107. The first-order valence-corrected chi connectivity index (χ1v) is 11.8. The van der Waals surface area contributed by atoms with E-state index in [0.29, 0.717) is 34.1 Å². The van der Waals surface area contributed by atoms with Gasteiger partial charge in [-0.05, 0) is 48.5 Å². The smallest absolute Gasteiger partial charge is 0.290 e. The Morgan fingerprint density at radius 3 is 2.45 bits per heavy atom. The lowest BCUT2D eigenvalue weighted by Crippen LogP contribution is -2.34. The summed E-state index contributed by atoms with van der Waals surface area (Å²) in [6.45, 7) is 0.601. The summed E-state index contributed by atoms with van der Waals surface area (Å²) in [6.07, 6.45) is 2.76. The number of fused-ring (bicyclic) bond motifs is 1. The molecule has 0 saturated heterocycles. The summed E-state index contributed by atoms with van der Waals surface area (Å²) >= 11 is 0. The zero-order chi connectivity index (χ0) is 26.3. The highest BCUT2D eigenvalue weighted by Crippen LogP contribution is 2.21. The maximum atomic E-state index is 13.3. The molecule has 0 bridgehead atoms. The molecule has 190 valence electrons. The van der Waals surface area contributed by atoms with E-state index in [9.17, 15) is 9.59 Å². The van der Waals surface area contributed by atoms with Crippen LogP contribution in [0.5, 0.6) is 5.75 Å². The van der Waals surface area contributed by atoms with Crippen LogP contribution in [0.15, 0.2) is 95.9 Å². The lowest BCUT2D eigenvalue weighted by atomic mass is 10.2. The Bertz CT molecular complexity index is 1520. The molecule has 10 heteroatoms. The van der Waals surface area contributed by atoms with Gasteiger partial charge in [0.05, 0.1) is 24.5 Å². The van der Waals surface area contributed by atoms with Crippen molar-refractivity contribution in [3.63, 3.8) is 0 Å². The third-order valence-electron chi connectivity index (χ3n) is 5.76. The summed E-state index contributed by atoms with van der Waals surface area (Å²) in [5.41, 5.74) is 8.02. The first-order valence-electron chi connectivity index (χ1n) is 11.8. The third kappa shape index (κ3) is 5.76. The molecular formula is C28H24N6O4. The monoisotopic (exact) mass is 508 g/mol. The van der Waals surface area contributed by atoms with Crippen molar-refractivity contribution in [2.75, 3.05) is 24.2 Å². The van der Waals surface area contributed by atoms with Crippen molar-refractivity contribution in [2.24, 2.45) is 0 Å². The van der Waals surface area contributed by atoms with Gasteiger partial charge in [0.15, 0.2) is 11.6 Å². The SMILES string of the molecule is Nc1ccccc1NC(=O)c1ccc(OCCN(Cc2ncncn2)C(=O)c2cc3ccccc3o2)cc1. The van der Waals surface area contributed by atoms with Crippen molar-refractivity contribution < 1.29 is 18.7 Å². The number of para-hydroxylation sites is 3. The number of hydrogen-bond donors (Lipinski definition) is 2. The Labute approximate surface area is 218 Å². The molecule has 2 amide bonds. The van der Waals surface area contributed by atoms with E-state index < -0.39 is 0 Å². The number of amides is 2. The molecule has 0 unspecified atom stereocenters. The Morgan fingerprint density at radius 2 is 1.68 bits per heavy atom. The van der Waals surface area contributed by atoms with E-state index in [-0.39, 0.29) is 37.3 Å². The van der Waals surface area contributed by atoms with E-state index in [1.807, 2.05) is 24.3 Å². The first kappa shape index (κ1) is 24.4. The second kappa shape index (κ2) is 11.2. The molecule has 0 aliphatic rings. The van der Waals surface area contributed by atoms with Crippen LogP contribution in [0.4, 0.5) is 11.4 Å². The summed E-state index contributed by atoms with van der Waals surface area (Å²) in [5.74, 6) is 0.623. The van der Waals surface area contributed by atoms with Crippen LogP contribution in [0.2, 0.25) is 0 Å². The number of aromatic nitrogens is 3. The van der Waals surface area contributed by atoms with Crippen LogP contribution in [0.25, 0.3) is 11.0 Å². The van der Waals surface area contributed by atoms with Crippen LogP contribution < -0.4 is 15.8 Å². The number of carbonyl (C=O) groups excluding carboxylic acids is 2. The molecule has 0 aliphatic heterocycles. The average molecular weight is 509 g/mol. The van der Waals surface area contributed by atoms with Crippen molar-refractivity contribution in [3.8, 4) is 5.75 Å². The highest BCUT2D eigenvalue weighted by molar-refractivity contribution is 6.05. The van der Waals surface area contributed by atoms with Crippen molar-refractivity contribution in [3.05, 3.63) is 109 Å². The molecule has 3 aromatic carbocycles. The number of hydrogen-bond acceptors (Lipinski definition) is 8. The van der Waals surface area contributed by atoms with Gasteiger partial charge in [-0.15, -0.1) is 0 Å². The Hall–Kier alpha value is -5.25. The van der Waals surface area contributed by atoms with E-state index in [0.717, 1.165) is 5.39 Å². The Morgan fingerprint density at radius 1 is 0.947 bits per heavy atom. The summed E-state index contributed by atoms with van der Waals surface area (Å²) in [6, 6.07) is 22.9. The molecule has 0 spiro atoms. The van der Waals surface area contributed by atoms with Crippen molar-refractivity contribution >= 4 is 34.2 Å². The van der Waals surface area contributed by atoms with Crippen molar-refractivity contribution in [1.29, 1.82) is 0 Å². The number of nitrogen functional groups attached to an aromatic ring is 1. The maximum absolute atomic E-state index is 13.3. The zero-order valence-electron chi connectivity index (χ0n) is 20.3. The minimum Gasteiger partial charge on any atom is -0.492 e. The lowest BCUT2D eigenvalue weighted by Gasteiger charge is -2.21. The fourth-order valence-corrected chi connectivity index (χ4v) is 3.79. The van der Waals surface area contributed by atoms with Crippen LogP contribution in [-0.4, -0.2) is 44.8 Å². The minimum atomic E-state index is -0.308. The highest BCUT2D eigenvalue weighted by Gasteiger charge is 2.21. The van der Waals surface area contributed by atoms with Gasteiger partial charge in [0, 0.05) is 10.9 Å². The first-order chi connectivity index (χ1) is 18.6. The molecule has 3 N–H and O–H groups in total. The molecule has 2 heterocycles. The number of anilines is 2. The van der Waals surface area contributed by atoms with Gasteiger partial charge in [0.1, 0.15) is 30.6 Å².